The summed E-state index contributed by atoms with van der Waals surface area (Å²) in [5, 5.41) is 12.0. The second-order valence-electron chi connectivity index (χ2n) is 5.96. The molecule has 3 aromatic heterocycles. The van der Waals surface area contributed by atoms with Crippen LogP contribution in [0.3, 0.4) is 0 Å². The van der Waals surface area contributed by atoms with Crippen molar-refractivity contribution >= 4 is 22.5 Å². The molecule has 1 aromatic carbocycles. The minimum atomic E-state index is -0.308. The number of H-pyrrole nitrogens is 1. The molecule has 4 rings (SSSR count). The summed E-state index contributed by atoms with van der Waals surface area (Å²) in [5.41, 5.74) is 2.24. The van der Waals surface area contributed by atoms with Crippen LogP contribution in [-0.2, 0) is 11.2 Å². The fourth-order valence-corrected chi connectivity index (χ4v) is 2.99. The van der Waals surface area contributed by atoms with Crippen molar-refractivity contribution in [1.82, 2.24) is 24.9 Å². The maximum atomic E-state index is 13.3. The quantitative estimate of drug-likeness (QED) is 0.601. The minimum absolute atomic E-state index is 0.134. The summed E-state index contributed by atoms with van der Waals surface area (Å²) in [6, 6.07) is 9.84. The zero-order valence-electron chi connectivity index (χ0n) is 13.5. The second-order valence-corrected chi connectivity index (χ2v) is 5.96. The van der Waals surface area contributed by atoms with Crippen LogP contribution in [0, 0.1) is 5.82 Å². The van der Waals surface area contributed by atoms with Gasteiger partial charge in [-0.25, -0.2) is 4.39 Å². The lowest BCUT2D eigenvalue weighted by atomic mass is 10.1. The summed E-state index contributed by atoms with van der Waals surface area (Å²) in [6.07, 6.45) is 3.80. The number of halogens is 1. The standard InChI is InChI=1S/C18H16FN5O/c1-11(18-23-22-16-4-2-3-7-24(16)18)21-17(25)8-12-10-20-15-9-13(19)5-6-14(12)15/h2-7,9-11,20H,8H2,1H3,(H,21,25)/t11-/m1/s1. The van der Waals surface area contributed by atoms with Crippen molar-refractivity contribution in [1.29, 1.82) is 0 Å². The number of rotatable bonds is 4. The summed E-state index contributed by atoms with van der Waals surface area (Å²) >= 11 is 0. The minimum Gasteiger partial charge on any atom is -0.361 e. The molecule has 0 saturated heterocycles. The van der Waals surface area contributed by atoms with Gasteiger partial charge in [0.05, 0.1) is 12.5 Å². The van der Waals surface area contributed by atoms with Gasteiger partial charge in [-0.15, -0.1) is 10.2 Å². The number of hydrogen-bond acceptors (Lipinski definition) is 3. The number of carbonyl (C=O) groups is 1. The van der Waals surface area contributed by atoms with Crippen LogP contribution < -0.4 is 5.32 Å². The molecule has 4 aromatic rings. The van der Waals surface area contributed by atoms with E-state index in [1.54, 1.807) is 12.3 Å². The van der Waals surface area contributed by atoms with Crippen LogP contribution in [0.25, 0.3) is 16.6 Å². The van der Waals surface area contributed by atoms with E-state index in [4.69, 9.17) is 0 Å². The van der Waals surface area contributed by atoms with E-state index in [1.165, 1.54) is 12.1 Å². The topological polar surface area (TPSA) is 75.1 Å². The third-order valence-corrected chi connectivity index (χ3v) is 4.19. The van der Waals surface area contributed by atoms with E-state index in [9.17, 15) is 9.18 Å². The maximum Gasteiger partial charge on any atom is 0.225 e. The average Bonchev–Trinajstić information content (AvgIpc) is 3.19. The van der Waals surface area contributed by atoms with Crippen molar-refractivity contribution < 1.29 is 9.18 Å². The molecule has 6 nitrogen and oxygen atoms in total. The van der Waals surface area contributed by atoms with Gasteiger partial charge in [0.15, 0.2) is 11.5 Å². The van der Waals surface area contributed by atoms with E-state index in [-0.39, 0.29) is 24.2 Å². The molecule has 2 N–H and O–H groups in total. The van der Waals surface area contributed by atoms with E-state index in [1.807, 2.05) is 35.7 Å². The number of carbonyl (C=O) groups excluding carboxylic acids is 1. The zero-order valence-corrected chi connectivity index (χ0v) is 13.5. The summed E-state index contributed by atoms with van der Waals surface area (Å²) in [7, 11) is 0. The second kappa shape index (κ2) is 6.01. The molecule has 126 valence electrons. The monoisotopic (exact) mass is 337 g/mol. The van der Waals surface area contributed by atoms with Crippen LogP contribution in [-0.4, -0.2) is 25.5 Å². The molecule has 7 heteroatoms. The van der Waals surface area contributed by atoms with E-state index >= 15 is 0 Å². The average molecular weight is 337 g/mol. The molecule has 0 saturated carbocycles. The Kier molecular flexibility index (Phi) is 3.68. The first-order valence-corrected chi connectivity index (χ1v) is 7.96. The smallest absolute Gasteiger partial charge is 0.225 e. The largest absolute Gasteiger partial charge is 0.361 e. The molecule has 0 spiro atoms. The molecule has 0 aliphatic carbocycles. The van der Waals surface area contributed by atoms with Gasteiger partial charge in [-0.05, 0) is 42.8 Å². The molecule has 0 aliphatic heterocycles. The number of fused-ring (bicyclic) bond motifs is 2. The highest BCUT2D eigenvalue weighted by atomic mass is 19.1. The van der Waals surface area contributed by atoms with Gasteiger partial charge in [-0.1, -0.05) is 6.07 Å². The van der Waals surface area contributed by atoms with Gasteiger partial charge in [0.2, 0.25) is 5.91 Å². The van der Waals surface area contributed by atoms with E-state index in [0.29, 0.717) is 11.3 Å². The van der Waals surface area contributed by atoms with Gasteiger partial charge in [-0.3, -0.25) is 9.20 Å². The molecular weight excluding hydrogens is 321 g/mol. The van der Waals surface area contributed by atoms with Crippen LogP contribution in [0.15, 0.2) is 48.8 Å². The van der Waals surface area contributed by atoms with E-state index in [0.717, 1.165) is 16.6 Å². The number of nitrogens with zero attached hydrogens (tertiary/aromatic N) is 3. The van der Waals surface area contributed by atoms with Gasteiger partial charge >= 0.3 is 0 Å². The highest BCUT2D eigenvalue weighted by Gasteiger charge is 2.17. The lowest BCUT2D eigenvalue weighted by Crippen LogP contribution is -2.29. The SMILES string of the molecule is C[C@@H](NC(=O)Cc1c[nH]c2cc(F)ccc12)c1nnc2ccccn12. The Morgan fingerprint density at radius 1 is 1.32 bits per heavy atom. The van der Waals surface area contributed by atoms with E-state index < -0.39 is 0 Å². The Morgan fingerprint density at radius 2 is 2.20 bits per heavy atom. The lowest BCUT2D eigenvalue weighted by Gasteiger charge is -2.12. The van der Waals surface area contributed by atoms with Gasteiger partial charge in [0, 0.05) is 23.3 Å². The van der Waals surface area contributed by atoms with Crippen molar-refractivity contribution in [2.45, 2.75) is 19.4 Å². The molecule has 1 amide bonds. The summed E-state index contributed by atoms with van der Waals surface area (Å²) in [4.78, 5) is 15.4. The Bertz CT molecular complexity index is 1070. The van der Waals surface area contributed by atoms with E-state index in [2.05, 4.69) is 20.5 Å². The van der Waals surface area contributed by atoms with Gasteiger partial charge < -0.3 is 10.3 Å². The lowest BCUT2D eigenvalue weighted by molar-refractivity contribution is -0.121. The third-order valence-electron chi connectivity index (χ3n) is 4.19. The van der Waals surface area contributed by atoms with Crippen molar-refractivity contribution in [2.24, 2.45) is 0 Å². The Hall–Kier alpha value is -3.22. The zero-order chi connectivity index (χ0) is 17.4. The van der Waals surface area contributed by atoms with Crippen molar-refractivity contribution in [3.8, 4) is 0 Å². The summed E-state index contributed by atoms with van der Waals surface area (Å²) < 4.78 is 15.1. The van der Waals surface area contributed by atoms with Crippen molar-refractivity contribution in [3.05, 3.63) is 66.0 Å². The van der Waals surface area contributed by atoms with Crippen LogP contribution in [0.2, 0.25) is 0 Å². The van der Waals surface area contributed by atoms with Gasteiger partial charge in [-0.2, -0.15) is 0 Å². The molecule has 0 unspecified atom stereocenters. The molecule has 0 fully saturated rings. The van der Waals surface area contributed by atoms with Crippen LogP contribution in [0.4, 0.5) is 4.39 Å². The normalized spacial score (nSPS) is 12.6. The Balaban J connectivity index is 1.51. The molecule has 0 bridgehead atoms. The Labute approximate surface area is 142 Å². The first kappa shape index (κ1) is 15.3. The van der Waals surface area contributed by atoms with Crippen molar-refractivity contribution in [2.75, 3.05) is 0 Å². The molecule has 0 radical (unpaired) electrons. The number of amides is 1. The first-order chi connectivity index (χ1) is 12.1. The summed E-state index contributed by atoms with van der Waals surface area (Å²) in [6.45, 7) is 1.87. The van der Waals surface area contributed by atoms with Crippen LogP contribution >= 0.6 is 0 Å². The maximum absolute atomic E-state index is 13.3. The van der Waals surface area contributed by atoms with Crippen LogP contribution in [0.5, 0.6) is 0 Å². The number of aromatic nitrogens is 4. The predicted octanol–water partition coefficient (Wildman–Crippen LogP) is 2.77. The number of hydrogen-bond donors (Lipinski definition) is 2. The third kappa shape index (κ3) is 2.84. The Morgan fingerprint density at radius 3 is 3.08 bits per heavy atom. The van der Waals surface area contributed by atoms with Crippen molar-refractivity contribution in [3.63, 3.8) is 0 Å². The highest BCUT2D eigenvalue weighted by molar-refractivity contribution is 5.89. The molecular formula is C18H16FN5O. The first-order valence-electron chi connectivity index (χ1n) is 7.96. The highest BCUT2D eigenvalue weighted by Crippen LogP contribution is 2.20. The molecule has 3 heterocycles. The molecule has 1 atom stereocenters. The number of pyridine rings is 1. The molecule has 0 aliphatic rings. The number of nitrogens with one attached hydrogen (secondary N) is 2. The van der Waals surface area contributed by atoms with Gasteiger partial charge in [0.1, 0.15) is 5.82 Å². The van der Waals surface area contributed by atoms with Gasteiger partial charge in [0.25, 0.3) is 0 Å². The predicted molar refractivity (Wildman–Crippen MR) is 91.5 cm³/mol. The fraction of sp³-hybridized carbons (Fsp3) is 0.167. The number of benzene rings is 1. The number of aromatic amines is 1. The summed E-state index contributed by atoms with van der Waals surface area (Å²) in [5.74, 6) is 0.230. The van der Waals surface area contributed by atoms with Crippen LogP contribution in [0.1, 0.15) is 24.4 Å². The fourth-order valence-electron chi connectivity index (χ4n) is 2.99. The molecule has 25 heavy (non-hydrogen) atoms.